The van der Waals surface area contributed by atoms with Crippen molar-refractivity contribution in [1.82, 2.24) is 14.5 Å². The molecule has 7 rings (SSSR count). The summed E-state index contributed by atoms with van der Waals surface area (Å²) >= 11 is 0. The quantitative estimate of drug-likeness (QED) is 0.228. The number of pyridine rings is 2. The van der Waals surface area contributed by atoms with Crippen LogP contribution in [0.2, 0.25) is 0 Å². The van der Waals surface area contributed by atoms with Gasteiger partial charge in [-0.25, -0.2) is 0 Å². The molecule has 0 saturated heterocycles. The van der Waals surface area contributed by atoms with Crippen LogP contribution in [0.1, 0.15) is 45.6 Å². The fourth-order valence-corrected chi connectivity index (χ4v) is 6.28. The van der Waals surface area contributed by atoms with Crippen molar-refractivity contribution in [3.8, 4) is 0 Å². The maximum Gasteiger partial charge on any atom is 0.262 e. The predicted octanol–water partition coefficient (Wildman–Crippen LogP) is 6.37. The van der Waals surface area contributed by atoms with Gasteiger partial charge < -0.3 is 0 Å². The molecule has 4 aromatic carbocycles. The van der Waals surface area contributed by atoms with E-state index in [-0.39, 0.29) is 17.2 Å². The lowest BCUT2D eigenvalue weighted by molar-refractivity contribution is 0.413. The fourth-order valence-electron chi connectivity index (χ4n) is 6.28. The van der Waals surface area contributed by atoms with Crippen LogP contribution in [0.4, 0.5) is 0 Å². The summed E-state index contributed by atoms with van der Waals surface area (Å²) in [5, 5.41) is 9.00. The highest BCUT2D eigenvalue weighted by Gasteiger charge is 2.27. The van der Waals surface area contributed by atoms with Crippen LogP contribution in [0.25, 0.3) is 64.9 Å². The van der Waals surface area contributed by atoms with Gasteiger partial charge in [0.2, 0.25) is 0 Å². The summed E-state index contributed by atoms with van der Waals surface area (Å²) in [4.78, 5) is 37.3. The molecular formula is C29H23N3O2. The largest absolute Gasteiger partial charge is 0.271 e. The van der Waals surface area contributed by atoms with Gasteiger partial charge in [0.1, 0.15) is 0 Å². The van der Waals surface area contributed by atoms with Gasteiger partial charge >= 0.3 is 0 Å². The van der Waals surface area contributed by atoms with E-state index in [0.717, 1.165) is 79.8 Å². The summed E-state index contributed by atoms with van der Waals surface area (Å²) in [6, 6.07) is 12.0. The Labute approximate surface area is 194 Å². The highest BCUT2D eigenvalue weighted by molar-refractivity contribution is 6.43. The summed E-state index contributed by atoms with van der Waals surface area (Å²) in [5.41, 5.74) is 1.38. The van der Waals surface area contributed by atoms with Crippen LogP contribution in [-0.2, 0) is 0 Å². The molecule has 0 spiro atoms. The number of hydrogen-bond donors (Lipinski definition) is 0. The third-order valence-electron chi connectivity index (χ3n) is 7.60. The number of fused-ring (bicyclic) bond motifs is 4. The SMILES string of the molecule is CCCC(CCC)n1c(=O)c2c3ccc4ccnc5c6nccc7ccc(c2c1=O)c(c76)c3c45. The molecule has 0 aliphatic carbocycles. The van der Waals surface area contributed by atoms with Gasteiger partial charge in [-0.3, -0.25) is 24.1 Å². The summed E-state index contributed by atoms with van der Waals surface area (Å²) in [7, 11) is 0. The highest BCUT2D eigenvalue weighted by atomic mass is 16.2. The number of nitrogens with zero attached hydrogens (tertiary/aromatic N) is 3. The first-order chi connectivity index (χ1) is 16.7. The van der Waals surface area contributed by atoms with Crippen molar-refractivity contribution in [1.29, 1.82) is 0 Å². The molecule has 0 aliphatic rings. The van der Waals surface area contributed by atoms with E-state index in [1.165, 1.54) is 0 Å². The van der Waals surface area contributed by atoms with Crippen molar-refractivity contribution in [2.75, 3.05) is 0 Å². The Hall–Kier alpha value is -3.86. The Bertz CT molecular complexity index is 1850. The van der Waals surface area contributed by atoms with Gasteiger partial charge in [-0.2, -0.15) is 0 Å². The second-order valence-corrected chi connectivity index (χ2v) is 9.45. The van der Waals surface area contributed by atoms with Gasteiger partial charge in [-0.1, -0.05) is 51.0 Å². The normalized spacial score (nSPS) is 12.8. The van der Waals surface area contributed by atoms with Crippen molar-refractivity contribution in [3.05, 3.63) is 69.5 Å². The molecule has 0 bridgehead atoms. The van der Waals surface area contributed by atoms with Crippen LogP contribution in [-0.4, -0.2) is 14.5 Å². The standard InChI is InChI=1S/C29H23N3O2/c1-3-5-17(6-4-2)32-28(33)24-18-9-7-15-11-13-30-26-20(15)22(18)23-19(25(24)29(32)34)10-8-16-12-14-31-27(26)21(16)23/h7-14,17H,3-6H2,1-2H3. The molecule has 0 unspecified atom stereocenters. The average Bonchev–Trinajstić information content (AvgIpc) is 3.12. The topological polar surface area (TPSA) is 64.8 Å². The first-order valence-corrected chi connectivity index (χ1v) is 12.1. The summed E-state index contributed by atoms with van der Waals surface area (Å²) in [6.07, 6.45) is 7.14. The molecule has 0 radical (unpaired) electrons. The number of rotatable bonds is 5. The van der Waals surface area contributed by atoms with E-state index in [0.29, 0.717) is 10.8 Å². The lowest BCUT2D eigenvalue weighted by Gasteiger charge is -2.17. The van der Waals surface area contributed by atoms with Crippen molar-refractivity contribution < 1.29 is 0 Å². The minimum atomic E-state index is -0.157. The number of hydrogen-bond acceptors (Lipinski definition) is 4. The smallest absolute Gasteiger partial charge is 0.262 e. The first kappa shape index (κ1) is 19.6. The second kappa shape index (κ2) is 6.83. The van der Waals surface area contributed by atoms with Crippen LogP contribution in [0, 0.1) is 0 Å². The van der Waals surface area contributed by atoms with Crippen LogP contribution in [0.3, 0.4) is 0 Å². The first-order valence-electron chi connectivity index (χ1n) is 12.1. The maximum absolute atomic E-state index is 13.9. The lowest BCUT2D eigenvalue weighted by atomic mass is 9.87. The van der Waals surface area contributed by atoms with E-state index < -0.39 is 0 Å². The van der Waals surface area contributed by atoms with Crippen molar-refractivity contribution in [2.24, 2.45) is 0 Å². The summed E-state index contributed by atoms with van der Waals surface area (Å²) in [5.74, 6) is 0. The average molecular weight is 446 g/mol. The highest BCUT2D eigenvalue weighted by Crippen LogP contribution is 2.45. The van der Waals surface area contributed by atoms with Crippen LogP contribution >= 0.6 is 0 Å². The molecule has 0 atom stereocenters. The van der Waals surface area contributed by atoms with Gasteiger partial charge in [0.15, 0.2) is 0 Å². The van der Waals surface area contributed by atoms with Crippen molar-refractivity contribution >= 4 is 64.9 Å². The molecular weight excluding hydrogens is 422 g/mol. The molecule has 166 valence electrons. The zero-order valence-electron chi connectivity index (χ0n) is 19.2. The lowest BCUT2D eigenvalue weighted by Crippen LogP contribution is -2.30. The molecule has 3 heterocycles. The number of aromatic nitrogens is 3. The van der Waals surface area contributed by atoms with E-state index in [4.69, 9.17) is 9.97 Å². The Morgan fingerprint density at radius 2 is 1.12 bits per heavy atom. The molecule has 34 heavy (non-hydrogen) atoms. The van der Waals surface area contributed by atoms with Crippen LogP contribution in [0.5, 0.6) is 0 Å². The van der Waals surface area contributed by atoms with Crippen LogP contribution in [0.15, 0.2) is 58.4 Å². The number of benzene rings is 4. The molecule has 0 N–H and O–H groups in total. The van der Waals surface area contributed by atoms with Gasteiger partial charge in [-0.15, -0.1) is 0 Å². The van der Waals surface area contributed by atoms with Gasteiger partial charge in [0.05, 0.1) is 21.8 Å². The predicted molar refractivity (Wildman–Crippen MR) is 140 cm³/mol. The molecule has 5 heteroatoms. The Balaban J connectivity index is 1.82. The zero-order valence-corrected chi connectivity index (χ0v) is 19.2. The van der Waals surface area contributed by atoms with Crippen molar-refractivity contribution in [3.63, 3.8) is 0 Å². The van der Waals surface area contributed by atoms with Gasteiger partial charge in [-0.05, 0) is 46.5 Å². The molecule has 0 amide bonds. The molecule has 0 fully saturated rings. The molecule has 0 saturated carbocycles. The maximum atomic E-state index is 13.9. The third kappa shape index (κ3) is 2.24. The van der Waals surface area contributed by atoms with E-state index in [2.05, 4.69) is 13.8 Å². The monoisotopic (exact) mass is 445 g/mol. The van der Waals surface area contributed by atoms with Crippen molar-refractivity contribution in [2.45, 2.75) is 45.6 Å². The van der Waals surface area contributed by atoms with E-state index in [1.54, 1.807) is 4.57 Å². The fraction of sp³-hybridized carbons (Fsp3) is 0.241. The van der Waals surface area contributed by atoms with Gasteiger partial charge in [0.25, 0.3) is 11.1 Å². The molecule has 0 aliphatic heterocycles. The van der Waals surface area contributed by atoms with Crippen LogP contribution < -0.4 is 11.1 Å². The van der Waals surface area contributed by atoms with E-state index in [9.17, 15) is 9.59 Å². The Kier molecular flexibility index (Phi) is 3.93. The van der Waals surface area contributed by atoms with E-state index in [1.807, 2.05) is 48.8 Å². The zero-order chi connectivity index (χ0) is 23.1. The van der Waals surface area contributed by atoms with Gasteiger partial charge in [0, 0.05) is 40.0 Å². The molecule has 5 nitrogen and oxygen atoms in total. The molecule has 3 aromatic heterocycles. The third-order valence-corrected chi connectivity index (χ3v) is 7.60. The Morgan fingerprint density at radius 3 is 1.56 bits per heavy atom. The van der Waals surface area contributed by atoms with E-state index >= 15 is 0 Å². The minimum absolute atomic E-state index is 0.0759. The molecule has 7 aromatic rings. The Morgan fingerprint density at radius 1 is 0.647 bits per heavy atom. The summed E-state index contributed by atoms with van der Waals surface area (Å²) < 4.78 is 1.55. The second-order valence-electron chi connectivity index (χ2n) is 9.45. The summed E-state index contributed by atoms with van der Waals surface area (Å²) in [6.45, 7) is 4.21. The minimum Gasteiger partial charge on any atom is -0.271 e.